The topological polar surface area (TPSA) is 95.5 Å². The summed E-state index contributed by atoms with van der Waals surface area (Å²) in [7, 11) is -3.99. The Morgan fingerprint density at radius 1 is 0.926 bits per heavy atom. The van der Waals surface area contributed by atoms with E-state index in [1.807, 2.05) is 18.2 Å². The maximum atomic E-state index is 12.6. The molecule has 0 radical (unpaired) electrons. The second-order valence-electron chi connectivity index (χ2n) is 5.48. The second kappa shape index (κ2) is 7.81. The van der Waals surface area contributed by atoms with Crippen molar-refractivity contribution in [3.63, 3.8) is 0 Å². The molecular formula is C19H13BrNO5S-. The molecule has 0 spiro atoms. The number of carbonyl (C=O) groups excluding carboxylic acids is 1. The summed E-state index contributed by atoms with van der Waals surface area (Å²) in [5.41, 5.74) is 0.0281. The van der Waals surface area contributed by atoms with E-state index in [0.29, 0.717) is 11.5 Å². The first-order valence-corrected chi connectivity index (χ1v) is 9.99. The van der Waals surface area contributed by atoms with Crippen molar-refractivity contribution in [1.29, 1.82) is 0 Å². The van der Waals surface area contributed by atoms with Crippen molar-refractivity contribution >= 4 is 37.6 Å². The lowest BCUT2D eigenvalue weighted by molar-refractivity contribution is -0.255. The van der Waals surface area contributed by atoms with Crippen LogP contribution >= 0.6 is 15.9 Å². The molecule has 0 saturated carbocycles. The standard InChI is InChI=1S/C19H14BrNO5S/c20-18-10-9-16(12-17(18)19(22)23)27(24,25)21-13-5-4-8-15(11-13)26-14-6-2-1-3-7-14/h1-12,21H,(H,22,23)/p-1. The Balaban J connectivity index is 1.85. The number of ether oxygens (including phenoxy) is 1. The van der Waals surface area contributed by atoms with Gasteiger partial charge < -0.3 is 14.6 Å². The number of halogens is 1. The fraction of sp³-hybridized carbons (Fsp3) is 0. The normalized spacial score (nSPS) is 11.0. The Morgan fingerprint density at radius 3 is 2.33 bits per heavy atom. The predicted molar refractivity (Wildman–Crippen MR) is 102 cm³/mol. The summed E-state index contributed by atoms with van der Waals surface area (Å²) in [6.07, 6.45) is 0. The van der Waals surface area contributed by atoms with Gasteiger partial charge in [0.15, 0.2) is 0 Å². The SMILES string of the molecule is O=C([O-])c1cc(S(=O)(=O)Nc2cccc(Oc3ccccc3)c2)ccc1Br. The molecule has 27 heavy (non-hydrogen) atoms. The molecule has 3 rings (SSSR count). The van der Waals surface area contributed by atoms with Gasteiger partial charge in [0.2, 0.25) is 0 Å². The predicted octanol–water partition coefficient (Wildman–Crippen LogP) is 3.41. The van der Waals surface area contributed by atoms with Crippen LogP contribution in [0.2, 0.25) is 0 Å². The van der Waals surface area contributed by atoms with Gasteiger partial charge in [-0.1, -0.05) is 40.2 Å². The molecule has 0 aromatic heterocycles. The minimum Gasteiger partial charge on any atom is -0.545 e. The lowest BCUT2D eigenvalue weighted by Gasteiger charge is -2.12. The van der Waals surface area contributed by atoms with E-state index in [9.17, 15) is 18.3 Å². The summed E-state index contributed by atoms with van der Waals surface area (Å²) in [4.78, 5) is 10.9. The van der Waals surface area contributed by atoms with E-state index >= 15 is 0 Å². The van der Waals surface area contributed by atoms with Crippen LogP contribution in [0.15, 0.2) is 82.2 Å². The molecule has 0 atom stereocenters. The minimum absolute atomic E-state index is 0.195. The maximum Gasteiger partial charge on any atom is 0.261 e. The molecule has 3 aromatic rings. The van der Waals surface area contributed by atoms with Crippen molar-refractivity contribution in [2.24, 2.45) is 0 Å². The van der Waals surface area contributed by atoms with Crippen molar-refractivity contribution < 1.29 is 23.1 Å². The molecule has 0 amide bonds. The zero-order chi connectivity index (χ0) is 19.4. The molecule has 0 heterocycles. The van der Waals surface area contributed by atoms with Crippen LogP contribution in [0.4, 0.5) is 5.69 Å². The van der Waals surface area contributed by atoms with E-state index in [-0.39, 0.29) is 20.6 Å². The van der Waals surface area contributed by atoms with Gasteiger partial charge in [0.1, 0.15) is 11.5 Å². The summed E-state index contributed by atoms with van der Waals surface area (Å²) < 4.78 is 33.5. The van der Waals surface area contributed by atoms with Crippen molar-refractivity contribution in [3.05, 3.63) is 82.8 Å². The van der Waals surface area contributed by atoms with Gasteiger partial charge in [-0.25, -0.2) is 8.42 Å². The van der Waals surface area contributed by atoms with Gasteiger partial charge in [0, 0.05) is 16.1 Å². The molecule has 0 unspecified atom stereocenters. The highest BCUT2D eigenvalue weighted by Crippen LogP contribution is 2.26. The Kier molecular flexibility index (Phi) is 5.48. The number of hydrogen-bond donors (Lipinski definition) is 1. The van der Waals surface area contributed by atoms with Crippen LogP contribution in [0.3, 0.4) is 0 Å². The second-order valence-corrected chi connectivity index (χ2v) is 8.01. The number of carbonyl (C=O) groups is 1. The highest BCUT2D eigenvalue weighted by atomic mass is 79.9. The van der Waals surface area contributed by atoms with Crippen molar-refractivity contribution in [3.8, 4) is 11.5 Å². The molecule has 3 aromatic carbocycles. The monoisotopic (exact) mass is 446 g/mol. The third-order valence-corrected chi connectivity index (χ3v) is 5.60. The number of para-hydroxylation sites is 1. The van der Waals surface area contributed by atoms with Gasteiger partial charge in [0.05, 0.1) is 16.6 Å². The number of sulfonamides is 1. The maximum absolute atomic E-state index is 12.6. The van der Waals surface area contributed by atoms with Gasteiger partial charge in [-0.05, 0) is 42.5 Å². The number of rotatable bonds is 6. The molecule has 0 fully saturated rings. The zero-order valence-electron chi connectivity index (χ0n) is 13.8. The molecule has 0 aliphatic rings. The summed E-state index contributed by atoms with van der Waals surface area (Å²) in [6, 6.07) is 19.2. The first-order valence-electron chi connectivity index (χ1n) is 7.72. The van der Waals surface area contributed by atoms with Crippen molar-refractivity contribution in [2.75, 3.05) is 4.72 Å². The van der Waals surface area contributed by atoms with Crippen LogP contribution in [-0.4, -0.2) is 14.4 Å². The zero-order valence-corrected chi connectivity index (χ0v) is 16.2. The average molecular weight is 447 g/mol. The van der Waals surface area contributed by atoms with E-state index in [4.69, 9.17) is 4.74 Å². The van der Waals surface area contributed by atoms with Crippen LogP contribution in [0.1, 0.15) is 10.4 Å². The third kappa shape index (κ3) is 4.66. The van der Waals surface area contributed by atoms with Crippen LogP contribution in [0.25, 0.3) is 0 Å². The van der Waals surface area contributed by atoms with Crippen LogP contribution < -0.4 is 14.6 Å². The van der Waals surface area contributed by atoms with E-state index in [1.54, 1.807) is 30.3 Å². The summed E-state index contributed by atoms with van der Waals surface area (Å²) in [5.74, 6) is -0.408. The Morgan fingerprint density at radius 2 is 1.63 bits per heavy atom. The number of anilines is 1. The first-order chi connectivity index (χ1) is 12.8. The Bertz CT molecular complexity index is 1080. The van der Waals surface area contributed by atoms with Gasteiger partial charge in [-0.3, -0.25) is 4.72 Å². The smallest absolute Gasteiger partial charge is 0.261 e. The Hall–Kier alpha value is -2.84. The lowest BCUT2D eigenvalue weighted by atomic mass is 10.2. The highest BCUT2D eigenvalue weighted by Gasteiger charge is 2.16. The van der Waals surface area contributed by atoms with Crippen LogP contribution in [0, 0.1) is 0 Å². The third-order valence-electron chi connectivity index (χ3n) is 3.53. The lowest BCUT2D eigenvalue weighted by Crippen LogP contribution is -2.23. The van der Waals surface area contributed by atoms with E-state index in [0.717, 1.165) is 6.07 Å². The molecule has 0 aliphatic carbocycles. The number of hydrogen-bond acceptors (Lipinski definition) is 5. The summed E-state index contributed by atoms with van der Waals surface area (Å²) in [5, 5.41) is 11.1. The highest BCUT2D eigenvalue weighted by molar-refractivity contribution is 9.10. The average Bonchev–Trinajstić information content (AvgIpc) is 2.62. The molecule has 138 valence electrons. The molecule has 0 aliphatic heterocycles. The number of benzene rings is 3. The minimum atomic E-state index is -3.99. The first kappa shape index (κ1) is 18.9. The van der Waals surface area contributed by atoms with E-state index in [2.05, 4.69) is 20.7 Å². The fourth-order valence-corrected chi connectivity index (χ4v) is 3.77. The molecule has 6 nitrogen and oxygen atoms in total. The number of nitrogens with one attached hydrogen (secondary N) is 1. The summed E-state index contributed by atoms with van der Waals surface area (Å²) >= 11 is 3.05. The molecule has 1 N–H and O–H groups in total. The Labute approximate surface area is 164 Å². The number of aromatic carboxylic acids is 1. The number of carboxylic acids is 1. The fourth-order valence-electron chi connectivity index (χ4n) is 2.29. The van der Waals surface area contributed by atoms with E-state index < -0.39 is 16.0 Å². The molecule has 8 heteroatoms. The van der Waals surface area contributed by atoms with E-state index in [1.165, 1.54) is 18.2 Å². The largest absolute Gasteiger partial charge is 0.545 e. The van der Waals surface area contributed by atoms with Gasteiger partial charge in [-0.2, -0.15) is 0 Å². The van der Waals surface area contributed by atoms with Gasteiger partial charge >= 0.3 is 0 Å². The van der Waals surface area contributed by atoms with Crippen molar-refractivity contribution in [1.82, 2.24) is 0 Å². The van der Waals surface area contributed by atoms with Crippen LogP contribution in [-0.2, 0) is 10.0 Å². The summed E-state index contributed by atoms with van der Waals surface area (Å²) in [6.45, 7) is 0. The quantitative estimate of drug-likeness (QED) is 0.625. The van der Waals surface area contributed by atoms with Crippen molar-refractivity contribution in [2.45, 2.75) is 4.90 Å². The molecular weight excluding hydrogens is 434 g/mol. The van der Waals surface area contributed by atoms with Gasteiger partial charge in [-0.15, -0.1) is 0 Å². The molecule has 0 bridgehead atoms. The van der Waals surface area contributed by atoms with Crippen LogP contribution in [0.5, 0.6) is 11.5 Å². The van der Waals surface area contributed by atoms with Gasteiger partial charge in [0.25, 0.3) is 10.0 Å². The molecule has 0 saturated heterocycles. The number of carboxylic acid groups (broad SMARTS) is 1.